The molecular weight excluding hydrogens is 445 g/mol. The summed E-state index contributed by atoms with van der Waals surface area (Å²) in [6, 6.07) is 10.1. The van der Waals surface area contributed by atoms with Gasteiger partial charge in [0.25, 0.3) is 5.91 Å². The van der Waals surface area contributed by atoms with Gasteiger partial charge in [0.05, 0.1) is 20.5 Å². The molecule has 1 aliphatic heterocycles. The van der Waals surface area contributed by atoms with E-state index < -0.39 is 10.0 Å². The lowest BCUT2D eigenvalue weighted by Gasteiger charge is -2.25. The molecule has 0 atom stereocenters. The van der Waals surface area contributed by atoms with Crippen molar-refractivity contribution in [1.82, 2.24) is 9.21 Å². The molecule has 0 N–H and O–H groups in total. The summed E-state index contributed by atoms with van der Waals surface area (Å²) in [4.78, 5) is 17.1. The van der Waals surface area contributed by atoms with E-state index in [-0.39, 0.29) is 17.3 Å². The molecule has 30 heavy (non-hydrogen) atoms. The third kappa shape index (κ3) is 4.59. The van der Waals surface area contributed by atoms with E-state index >= 15 is 0 Å². The predicted octanol–water partition coefficient (Wildman–Crippen LogP) is 4.12. The van der Waals surface area contributed by atoms with E-state index in [2.05, 4.69) is 4.90 Å². The minimum Gasteiger partial charge on any atom is -0.371 e. The Morgan fingerprint density at radius 1 is 1.07 bits per heavy atom. The fraction of sp³-hybridized carbons (Fsp3) is 0.381. The van der Waals surface area contributed by atoms with Crippen molar-refractivity contribution >= 4 is 44.8 Å². The summed E-state index contributed by atoms with van der Waals surface area (Å²) in [6.07, 6.45) is 2.08. The number of hydrogen-bond acceptors (Lipinski definition) is 4. The van der Waals surface area contributed by atoms with Crippen LogP contribution in [0.4, 0.5) is 5.69 Å². The van der Waals surface area contributed by atoms with Gasteiger partial charge in [-0.15, -0.1) is 0 Å². The Hall–Kier alpha value is -1.80. The minimum atomic E-state index is -3.66. The van der Waals surface area contributed by atoms with Crippen molar-refractivity contribution in [1.29, 1.82) is 0 Å². The maximum atomic E-state index is 13.4. The zero-order valence-electron chi connectivity index (χ0n) is 17.2. The fourth-order valence-electron chi connectivity index (χ4n) is 3.50. The first-order valence-electron chi connectivity index (χ1n) is 9.63. The van der Waals surface area contributed by atoms with E-state index in [4.69, 9.17) is 23.2 Å². The molecule has 1 heterocycles. The van der Waals surface area contributed by atoms with Gasteiger partial charge in [-0.25, -0.2) is 12.7 Å². The van der Waals surface area contributed by atoms with Crippen LogP contribution in [0.5, 0.6) is 0 Å². The van der Waals surface area contributed by atoms with Gasteiger partial charge in [0, 0.05) is 46.5 Å². The van der Waals surface area contributed by atoms with Gasteiger partial charge in [-0.3, -0.25) is 4.79 Å². The number of nitrogens with zero attached hydrogens (tertiary/aromatic N) is 3. The number of sulfonamides is 1. The summed E-state index contributed by atoms with van der Waals surface area (Å²) in [6.45, 7) is 1.93. The van der Waals surface area contributed by atoms with Crippen molar-refractivity contribution in [2.45, 2.75) is 24.3 Å². The maximum absolute atomic E-state index is 13.4. The SMILES string of the molecule is CN(Cc1cccc(Cl)c1Cl)C(=O)c1cc(S(=O)(=O)N(C)C)ccc1N1CCCC1. The zero-order chi connectivity index (χ0) is 22.1. The highest BCUT2D eigenvalue weighted by Gasteiger charge is 2.26. The first kappa shape index (κ1) is 22.9. The topological polar surface area (TPSA) is 60.9 Å². The standard InChI is InChI=1S/C21H25Cl2N3O3S/c1-24(2)30(28,29)16-9-10-19(26-11-4-5-12-26)17(13-16)21(27)25(3)14-15-7-6-8-18(22)20(15)23/h6-10,13H,4-5,11-12,14H2,1-3H3. The first-order valence-corrected chi connectivity index (χ1v) is 11.8. The quantitative estimate of drug-likeness (QED) is 0.638. The Morgan fingerprint density at radius 3 is 2.37 bits per heavy atom. The highest BCUT2D eigenvalue weighted by molar-refractivity contribution is 7.89. The predicted molar refractivity (Wildman–Crippen MR) is 121 cm³/mol. The second-order valence-electron chi connectivity index (χ2n) is 7.53. The van der Waals surface area contributed by atoms with Crippen molar-refractivity contribution in [3.63, 3.8) is 0 Å². The molecule has 1 saturated heterocycles. The minimum absolute atomic E-state index is 0.0907. The molecule has 1 fully saturated rings. The van der Waals surface area contributed by atoms with E-state index in [1.54, 1.807) is 31.3 Å². The van der Waals surface area contributed by atoms with Gasteiger partial charge in [0.1, 0.15) is 0 Å². The van der Waals surface area contributed by atoms with Crippen LogP contribution in [0.1, 0.15) is 28.8 Å². The number of benzene rings is 2. The van der Waals surface area contributed by atoms with Crippen molar-refractivity contribution in [3.05, 3.63) is 57.6 Å². The van der Waals surface area contributed by atoms with Crippen LogP contribution in [0.3, 0.4) is 0 Å². The number of carbonyl (C=O) groups excluding carboxylic acids is 1. The van der Waals surface area contributed by atoms with Crippen LogP contribution in [0.15, 0.2) is 41.3 Å². The Kier molecular flexibility index (Phi) is 6.97. The number of carbonyl (C=O) groups is 1. The summed E-state index contributed by atoms with van der Waals surface area (Å²) in [5.74, 6) is -0.274. The Morgan fingerprint density at radius 2 is 1.73 bits per heavy atom. The summed E-state index contributed by atoms with van der Waals surface area (Å²) in [7, 11) is 0.944. The third-order valence-corrected chi connectivity index (χ3v) is 7.88. The van der Waals surface area contributed by atoms with E-state index in [0.29, 0.717) is 15.6 Å². The molecule has 162 valence electrons. The van der Waals surface area contributed by atoms with Crippen LogP contribution in [0, 0.1) is 0 Å². The Labute approximate surface area is 188 Å². The molecule has 0 unspecified atom stereocenters. The summed E-state index contributed by atoms with van der Waals surface area (Å²) in [5.41, 5.74) is 1.83. The molecule has 0 spiro atoms. The number of halogens is 2. The normalized spacial score (nSPS) is 14.4. The molecule has 0 aliphatic carbocycles. The van der Waals surface area contributed by atoms with Gasteiger partial charge in [-0.05, 0) is 42.7 Å². The highest BCUT2D eigenvalue weighted by Crippen LogP contribution is 2.30. The average molecular weight is 470 g/mol. The van der Waals surface area contributed by atoms with Crippen LogP contribution in [0.25, 0.3) is 0 Å². The van der Waals surface area contributed by atoms with Crippen LogP contribution >= 0.6 is 23.2 Å². The second kappa shape index (κ2) is 9.14. The van der Waals surface area contributed by atoms with Crippen LogP contribution in [-0.4, -0.2) is 57.8 Å². The average Bonchev–Trinajstić information content (AvgIpc) is 3.25. The molecule has 6 nitrogen and oxygen atoms in total. The lowest BCUT2D eigenvalue weighted by molar-refractivity contribution is 0.0785. The van der Waals surface area contributed by atoms with Crippen molar-refractivity contribution in [2.75, 3.05) is 39.1 Å². The number of hydrogen-bond donors (Lipinski definition) is 0. The molecule has 1 aliphatic rings. The lowest BCUT2D eigenvalue weighted by Crippen LogP contribution is -2.30. The number of anilines is 1. The van der Waals surface area contributed by atoms with E-state index in [1.807, 2.05) is 6.07 Å². The Balaban J connectivity index is 2.00. The van der Waals surface area contributed by atoms with Gasteiger partial charge < -0.3 is 9.80 Å². The largest absolute Gasteiger partial charge is 0.371 e. The Bertz CT molecular complexity index is 1050. The first-order chi connectivity index (χ1) is 14.1. The molecule has 0 radical (unpaired) electrons. The molecule has 3 rings (SSSR count). The van der Waals surface area contributed by atoms with E-state index in [9.17, 15) is 13.2 Å². The second-order valence-corrected chi connectivity index (χ2v) is 10.5. The van der Waals surface area contributed by atoms with E-state index in [0.717, 1.165) is 41.5 Å². The van der Waals surface area contributed by atoms with Gasteiger partial charge in [0.2, 0.25) is 10.0 Å². The monoisotopic (exact) mass is 469 g/mol. The van der Waals surface area contributed by atoms with Crippen LogP contribution in [0.2, 0.25) is 10.0 Å². The molecule has 1 amide bonds. The van der Waals surface area contributed by atoms with Crippen molar-refractivity contribution in [2.24, 2.45) is 0 Å². The zero-order valence-corrected chi connectivity index (χ0v) is 19.6. The van der Waals surface area contributed by atoms with Crippen molar-refractivity contribution < 1.29 is 13.2 Å². The molecule has 0 saturated carbocycles. The number of rotatable bonds is 6. The number of amides is 1. The summed E-state index contributed by atoms with van der Waals surface area (Å²) in [5, 5.41) is 0.828. The van der Waals surface area contributed by atoms with Gasteiger partial charge >= 0.3 is 0 Å². The third-order valence-electron chi connectivity index (χ3n) is 5.21. The summed E-state index contributed by atoms with van der Waals surface area (Å²) >= 11 is 12.4. The highest BCUT2D eigenvalue weighted by atomic mass is 35.5. The van der Waals surface area contributed by atoms with E-state index in [1.165, 1.54) is 25.1 Å². The van der Waals surface area contributed by atoms with Gasteiger partial charge in [-0.2, -0.15) is 0 Å². The lowest BCUT2D eigenvalue weighted by atomic mass is 10.1. The summed E-state index contributed by atoms with van der Waals surface area (Å²) < 4.78 is 26.4. The van der Waals surface area contributed by atoms with Gasteiger partial charge in [-0.1, -0.05) is 35.3 Å². The van der Waals surface area contributed by atoms with Crippen LogP contribution < -0.4 is 4.90 Å². The molecule has 0 bridgehead atoms. The van der Waals surface area contributed by atoms with Gasteiger partial charge in [0.15, 0.2) is 0 Å². The fourth-order valence-corrected chi connectivity index (χ4v) is 4.80. The molecule has 2 aromatic rings. The maximum Gasteiger partial charge on any atom is 0.256 e. The molecule has 0 aromatic heterocycles. The smallest absolute Gasteiger partial charge is 0.256 e. The molecule has 2 aromatic carbocycles. The molecule has 9 heteroatoms. The molecular formula is C21H25Cl2N3O3S. The van der Waals surface area contributed by atoms with Crippen molar-refractivity contribution in [3.8, 4) is 0 Å². The van der Waals surface area contributed by atoms with Crippen LogP contribution in [-0.2, 0) is 16.6 Å².